The smallest absolute Gasteiger partial charge is 0.144 e. The molecule has 1 aromatic heterocycles. The molecule has 20 heavy (non-hydrogen) atoms. The molecule has 0 aliphatic heterocycles. The van der Waals surface area contributed by atoms with E-state index in [0.717, 1.165) is 31.4 Å². The molecule has 0 aliphatic carbocycles. The third kappa shape index (κ3) is 2.45. The molecule has 0 spiro atoms. The van der Waals surface area contributed by atoms with Crippen LogP contribution in [0.25, 0.3) is 10.8 Å². The molecule has 2 nitrogen and oxygen atoms in total. The highest BCUT2D eigenvalue weighted by Gasteiger charge is 2.08. The molecule has 3 rings (SSSR count). The van der Waals surface area contributed by atoms with Crippen molar-refractivity contribution in [2.75, 3.05) is 5.32 Å². The maximum absolute atomic E-state index is 4.39. The quantitative estimate of drug-likeness (QED) is 0.595. The maximum atomic E-state index is 4.39. The second-order valence-electron chi connectivity index (χ2n) is 4.56. The van der Waals surface area contributed by atoms with Gasteiger partial charge in [-0.15, -0.1) is 0 Å². The summed E-state index contributed by atoms with van der Waals surface area (Å²) in [5, 5.41) is 5.75. The summed E-state index contributed by atoms with van der Waals surface area (Å²) in [5.41, 5.74) is 2.20. The van der Waals surface area contributed by atoms with Gasteiger partial charge in [-0.25, -0.2) is 4.98 Å². The zero-order chi connectivity index (χ0) is 14.1. The van der Waals surface area contributed by atoms with Gasteiger partial charge in [-0.05, 0) is 52.0 Å². The minimum atomic E-state index is 0.831. The number of anilines is 2. The van der Waals surface area contributed by atoms with E-state index < -0.39 is 0 Å². The van der Waals surface area contributed by atoms with Crippen LogP contribution in [-0.2, 0) is 0 Å². The second kappa shape index (κ2) is 5.54. The Balaban J connectivity index is 2.12. The molecule has 0 radical (unpaired) electrons. The number of hydrogen-bond acceptors (Lipinski definition) is 2. The molecule has 0 fully saturated rings. The van der Waals surface area contributed by atoms with Crippen LogP contribution in [0.15, 0.2) is 57.6 Å². The number of hydrogen-bond donors (Lipinski definition) is 1. The van der Waals surface area contributed by atoms with E-state index in [9.17, 15) is 0 Å². The predicted molar refractivity (Wildman–Crippen MR) is 91.6 cm³/mol. The van der Waals surface area contributed by atoms with Crippen molar-refractivity contribution in [1.29, 1.82) is 0 Å². The zero-order valence-corrected chi connectivity index (χ0v) is 14.0. The van der Waals surface area contributed by atoms with Crippen LogP contribution < -0.4 is 5.32 Å². The van der Waals surface area contributed by atoms with Crippen LogP contribution in [-0.4, -0.2) is 4.98 Å². The molecule has 0 aliphatic rings. The number of halogens is 2. The van der Waals surface area contributed by atoms with Gasteiger partial charge in [0.05, 0.1) is 4.47 Å². The van der Waals surface area contributed by atoms with Gasteiger partial charge in [0.2, 0.25) is 0 Å². The van der Waals surface area contributed by atoms with Crippen molar-refractivity contribution in [3.8, 4) is 0 Å². The molecule has 100 valence electrons. The highest BCUT2D eigenvalue weighted by atomic mass is 79.9. The lowest BCUT2D eigenvalue weighted by atomic mass is 10.1. The number of benzene rings is 2. The summed E-state index contributed by atoms with van der Waals surface area (Å²) in [6, 6.07) is 14.4. The molecule has 2 aromatic carbocycles. The SMILES string of the molecule is Cc1ccnc(Nc2ccc(Br)c3ccccc23)c1Br. The first-order chi connectivity index (χ1) is 9.66. The van der Waals surface area contributed by atoms with Crippen molar-refractivity contribution >= 4 is 54.1 Å². The van der Waals surface area contributed by atoms with Crippen LogP contribution in [0.5, 0.6) is 0 Å². The summed E-state index contributed by atoms with van der Waals surface area (Å²) < 4.78 is 2.09. The molecule has 0 unspecified atom stereocenters. The fraction of sp³-hybridized carbons (Fsp3) is 0.0625. The third-order valence-corrected chi connectivity index (χ3v) is 4.90. The Kier molecular flexibility index (Phi) is 3.76. The number of pyridine rings is 1. The van der Waals surface area contributed by atoms with Gasteiger partial charge in [0.1, 0.15) is 5.82 Å². The topological polar surface area (TPSA) is 24.9 Å². The van der Waals surface area contributed by atoms with Gasteiger partial charge in [0.15, 0.2) is 0 Å². The number of rotatable bonds is 2. The van der Waals surface area contributed by atoms with Crippen molar-refractivity contribution < 1.29 is 0 Å². The van der Waals surface area contributed by atoms with Gasteiger partial charge in [-0.3, -0.25) is 0 Å². The standard InChI is InChI=1S/C16H12Br2N2/c1-10-8-9-19-16(15(10)18)20-14-7-6-13(17)11-4-2-3-5-12(11)14/h2-9H,1H3,(H,19,20). The molecule has 0 atom stereocenters. The average Bonchev–Trinajstić information content (AvgIpc) is 2.47. The minimum absolute atomic E-state index is 0.831. The predicted octanol–water partition coefficient (Wildman–Crippen LogP) is 5.81. The van der Waals surface area contributed by atoms with Gasteiger partial charge >= 0.3 is 0 Å². The van der Waals surface area contributed by atoms with Gasteiger partial charge in [-0.2, -0.15) is 0 Å². The maximum Gasteiger partial charge on any atom is 0.144 e. The van der Waals surface area contributed by atoms with Crippen LogP contribution in [0.1, 0.15) is 5.56 Å². The molecule has 1 N–H and O–H groups in total. The lowest BCUT2D eigenvalue weighted by molar-refractivity contribution is 1.25. The summed E-state index contributed by atoms with van der Waals surface area (Å²) in [7, 11) is 0. The third-order valence-electron chi connectivity index (χ3n) is 3.21. The largest absolute Gasteiger partial charge is 0.339 e. The molecular formula is C16H12Br2N2. The Morgan fingerprint density at radius 3 is 2.50 bits per heavy atom. The number of fused-ring (bicyclic) bond motifs is 1. The molecule has 0 saturated carbocycles. The van der Waals surface area contributed by atoms with Crippen molar-refractivity contribution in [2.24, 2.45) is 0 Å². The van der Waals surface area contributed by atoms with E-state index in [-0.39, 0.29) is 0 Å². The first-order valence-corrected chi connectivity index (χ1v) is 7.81. The van der Waals surface area contributed by atoms with Crippen molar-refractivity contribution in [2.45, 2.75) is 6.92 Å². The highest BCUT2D eigenvalue weighted by Crippen LogP contribution is 2.33. The Morgan fingerprint density at radius 2 is 1.70 bits per heavy atom. The molecule has 0 saturated heterocycles. The first kappa shape index (κ1) is 13.6. The van der Waals surface area contributed by atoms with Crippen molar-refractivity contribution in [3.05, 3.63) is 63.2 Å². The van der Waals surface area contributed by atoms with E-state index in [1.807, 2.05) is 30.5 Å². The molecule has 1 heterocycles. The summed E-state index contributed by atoms with van der Waals surface area (Å²) in [6.07, 6.45) is 1.81. The van der Waals surface area contributed by atoms with Gasteiger partial charge in [-0.1, -0.05) is 40.2 Å². The van der Waals surface area contributed by atoms with Crippen LogP contribution in [0.3, 0.4) is 0 Å². The van der Waals surface area contributed by atoms with Crippen LogP contribution >= 0.6 is 31.9 Å². The average molecular weight is 392 g/mol. The zero-order valence-electron chi connectivity index (χ0n) is 10.8. The Bertz CT molecular complexity index is 785. The highest BCUT2D eigenvalue weighted by molar-refractivity contribution is 9.11. The molecular weight excluding hydrogens is 380 g/mol. The van der Waals surface area contributed by atoms with E-state index in [4.69, 9.17) is 0 Å². The van der Waals surface area contributed by atoms with E-state index >= 15 is 0 Å². The van der Waals surface area contributed by atoms with Crippen LogP contribution in [0.4, 0.5) is 11.5 Å². The number of nitrogens with zero attached hydrogens (tertiary/aromatic N) is 1. The fourth-order valence-corrected chi connectivity index (χ4v) is 2.94. The Morgan fingerprint density at radius 1 is 0.950 bits per heavy atom. The fourth-order valence-electron chi connectivity index (χ4n) is 2.13. The van der Waals surface area contributed by atoms with E-state index in [1.54, 1.807) is 0 Å². The molecule has 0 bridgehead atoms. The van der Waals surface area contributed by atoms with Crippen molar-refractivity contribution in [3.63, 3.8) is 0 Å². The first-order valence-electron chi connectivity index (χ1n) is 6.22. The van der Waals surface area contributed by atoms with E-state index in [2.05, 4.69) is 67.3 Å². The van der Waals surface area contributed by atoms with E-state index in [0.29, 0.717) is 0 Å². The normalized spacial score (nSPS) is 10.8. The van der Waals surface area contributed by atoms with Gasteiger partial charge in [0.25, 0.3) is 0 Å². The lowest BCUT2D eigenvalue weighted by Gasteiger charge is -2.12. The molecule has 0 amide bonds. The van der Waals surface area contributed by atoms with Gasteiger partial charge in [0, 0.05) is 21.7 Å². The molecule has 3 aromatic rings. The Labute approximate surface area is 134 Å². The summed E-state index contributed by atoms with van der Waals surface area (Å²) in [6.45, 7) is 2.05. The van der Waals surface area contributed by atoms with Gasteiger partial charge < -0.3 is 5.32 Å². The number of nitrogens with one attached hydrogen (secondary N) is 1. The number of aromatic nitrogens is 1. The van der Waals surface area contributed by atoms with E-state index in [1.165, 1.54) is 5.39 Å². The second-order valence-corrected chi connectivity index (χ2v) is 6.20. The summed E-state index contributed by atoms with van der Waals surface area (Å²) in [5.74, 6) is 0.831. The summed E-state index contributed by atoms with van der Waals surface area (Å²) >= 11 is 7.17. The van der Waals surface area contributed by atoms with Crippen LogP contribution in [0, 0.1) is 6.92 Å². The monoisotopic (exact) mass is 390 g/mol. The van der Waals surface area contributed by atoms with Crippen LogP contribution in [0.2, 0.25) is 0 Å². The number of aryl methyl sites for hydroxylation is 1. The van der Waals surface area contributed by atoms with Crippen molar-refractivity contribution in [1.82, 2.24) is 4.98 Å². The Hall–Kier alpha value is -1.39. The molecule has 4 heteroatoms. The summed E-state index contributed by atoms with van der Waals surface area (Å²) in [4.78, 5) is 4.39. The minimum Gasteiger partial charge on any atom is -0.339 e. The lowest BCUT2D eigenvalue weighted by Crippen LogP contribution is -1.96.